The molecule has 1 aromatic heterocycles. The zero-order chi connectivity index (χ0) is 28.1. The van der Waals surface area contributed by atoms with Gasteiger partial charge in [0, 0.05) is 43.5 Å². The van der Waals surface area contributed by atoms with Crippen molar-refractivity contribution in [2.75, 3.05) is 37.8 Å². The number of phenols is 1. The molecular formula is C28H31FN6O4. The minimum Gasteiger partial charge on any atom is -0.507 e. The number of ketones is 1. The van der Waals surface area contributed by atoms with E-state index < -0.39 is 22.9 Å². The van der Waals surface area contributed by atoms with Gasteiger partial charge in [0.05, 0.1) is 17.8 Å². The molecule has 2 heterocycles. The minimum absolute atomic E-state index is 0.122. The summed E-state index contributed by atoms with van der Waals surface area (Å²) >= 11 is 0. The number of aromatic hydroxyl groups is 1. The van der Waals surface area contributed by atoms with Gasteiger partial charge in [-0.25, -0.2) is 9.37 Å². The fourth-order valence-electron chi connectivity index (χ4n) is 4.50. The Hall–Kier alpha value is -4.51. The first-order valence-corrected chi connectivity index (χ1v) is 12.5. The normalized spacial score (nSPS) is 17.1. The number of amides is 2. The lowest BCUT2D eigenvalue weighted by molar-refractivity contribution is 0.0882. The lowest BCUT2D eigenvalue weighted by Crippen LogP contribution is -2.54. The summed E-state index contributed by atoms with van der Waals surface area (Å²) in [6, 6.07) is 10.7. The van der Waals surface area contributed by atoms with Crippen LogP contribution in [0.5, 0.6) is 5.75 Å². The van der Waals surface area contributed by atoms with Crippen LogP contribution in [0, 0.1) is 5.82 Å². The summed E-state index contributed by atoms with van der Waals surface area (Å²) in [6.45, 7) is 1.21. The lowest BCUT2D eigenvalue weighted by Gasteiger charge is -2.27. The predicted octanol–water partition coefficient (Wildman–Crippen LogP) is 2.09. The average molecular weight is 535 g/mol. The molecule has 0 saturated carbocycles. The molecule has 1 fully saturated rings. The highest BCUT2D eigenvalue weighted by atomic mass is 19.1. The molecule has 0 aliphatic carbocycles. The number of nitrogens with one attached hydrogen (secondary N) is 3. The van der Waals surface area contributed by atoms with E-state index in [0.29, 0.717) is 24.1 Å². The Bertz CT molecular complexity index is 1380. The van der Waals surface area contributed by atoms with E-state index in [1.165, 1.54) is 53.6 Å². The third-order valence-corrected chi connectivity index (χ3v) is 6.61. The molecule has 2 amide bonds. The molecule has 2 atom stereocenters. The molecule has 1 aliphatic rings. The van der Waals surface area contributed by atoms with Crippen LogP contribution in [0.25, 0.3) is 0 Å². The number of benzene rings is 2. The predicted molar refractivity (Wildman–Crippen MR) is 146 cm³/mol. The fraction of sp³-hybridized carbons (Fsp3) is 0.286. The van der Waals surface area contributed by atoms with E-state index in [1.807, 2.05) is 0 Å². The molecule has 11 heteroatoms. The van der Waals surface area contributed by atoms with Crippen LogP contribution in [-0.4, -0.2) is 67.0 Å². The highest BCUT2D eigenvalue weighted by Crippen LogP contribution is 2.30. The molecule has 3 aromatic rings. The Kier molecular flexibility index (Phi) is 8.40. The Labute approximate surface area is 225 Å². The van der Waals surface area contributed by atoms with Crippen LogP contribution in [-0.2, 0) is 0 Å². The third-order valence-electron chi connectivity index (χ3n) is 6.61. The van der Waals surface area contributed by atoms with Gasteiger partial charge in [0.15, 0.2) is 11.6 Å². The van der Waals surface area contributed by atoms with Crippen molar-refractivity contribution in [2.24, 2.45) is 0 Å². The SMILES string of the molecule is CN(C)c1ccc(O)c(C(=O)c2ccc(C(=O)N[C@@H]3CCCNC[C@H]3NC(=O)c3ccnc(N)c3)cc2)c1F. The number of aromatic nitrogens is 1. The van der Waals surface area contributed by atoms with Gasteiger partial charge in [-0.15, -0.1) is 0 Å². The van der Waals surface area contributed by atoms with Crippen LogP contribution in [0.3, 0.4) is 0 Å². The van der Waals surface area contributed by atoms with Gasteiger partial charge in [-0.05, 0) is 55.8 Å². The van der Waals surface area contributed by atoms with Gasteiger partial charge < -0.3 is 31.7 Å². The Morgan fingerprint density at radius 2 is 1.67 bits per heavy atom. The van der Waals surface area contributed by atoms with Gasteiger partial charge in [0.25, 0.3) is 11.8 Å². The van der Waals surface area contributed by atoms with Crippen molar-refractivity contribution in [2.45, 2.75) is 24.9 Å². The van der Waals surface area contributed by atoms with Gasteiger partial charge in [-0.2, -0.15) is 0 Å². The summed E-state index contributed by atoms with van der Waals surface area (Å²) in [5.74, 6) is -2.46. The molecule has 10 nitrogen and oxygen atoms in total. The van der Waals surface area contributed by atoms with E-state index >= 15 is 0 Å². The molecule has 6 N–H and O–H groups in total. The average Bonchev–Trinajstić information content (AvgIpc) is 3.13. The van der Waals surface area contributed by atoms with Crippen molar-refractivity contribution in [3.63, 3.8) is 0 Å². The molecule has 0 unspecified atom stereocenters. The lowest BCUT2D eigenvalue weighted by atomic mass is 9.99. The van der Waals surface area contributed by atoms with E-state index in [9.17, 15) is 23.9 Å². The molecule has 0 radical (unpaired) electrons. The molecule has 0 spiro atoms. The van der Waals surface area contributed by atoms with Crippen LogP contribution in [0.15, 0.2) is 54.7 Å². The number of rotatable bonds is 7. The summed E-state index contributed by atoms with van der Waals surface area (Å²) in [7, 11) is 3.26. The number of nitrogens with zero attached hydrogens (tertiary/aromatic N) is 2. The quantitative estimate of drug-likeness (QED) is 0.289. The topological polar surface area (TPSA) is 150 Å². The van der Waals surface area contributed by atoms with E-state index in [1.54, 1.807) is 20.2 Å². The van der Waals surface area contributed by atoms with Gasteiger partial charge in [-0.3, -0.25) is 14.4 Å². The van der Waals surface area contributed by atoms with Crippen LogP contribution in [0.2, 0.25) is 0 Å². The number of carbonyl (C=O) groups is 3. The number of anilines is 2. The standard InChI is InChI=1S/C28H31FN6O4/c1-35(2)21-9-10-22(36)24(25(21)29)26(37)16-5-7-17(8-6-16)27(38)33-19-4-3-12-31-15-20(19)34-28(39)18-11-13-32-23(30)14-18/h5-11,13-14,19-20,31,36H,3-4,12,15H2,1-2H3,(H2,30,32)(H,33,38)(H,34,39)/t19-,20-/m1/s1. The first kappa shape index (κ1) is 27.5. The number of hydrogen-bond acceptors (Lipinski definition) is 8. The maximum absolute atomic E-state index is 14.9. The monoisotopic (exact) mass is 534 g/mol. The van der Waals surface area contributed by atoms with Crippen LogP contribution >= 0.6 is 0 Å². The van der Waals surface area contributed by atoms with E-state index in [4.69, 9.17) is 5.73 Å². The second-order valence-corrected chi connectivity index (χ2v) is 9.57. The van der Waals surface area contributed by atoms with Crippen molar-refractivity contribution < 1.29 is 23.9 Å². The van der Waals surface area contributed by atoms with Crippen LogP contribution in [0.4, 0.5) is 15.9 Å². The van der Waals surface area contributed by atoms with Gasteiger partial charge >= 0.3 is 0 Å². The molecule has 2 aromatic carbocycles. The van der Waals surface area contributed by atoms with Crippen molar-refractivity contribution in [3.05, 3.63) is 82.8 Å². The largest absolute Gasteiger partial charge is 0.507 e. The van der Waals surface area contributed by atoms with Gasteiger partial charge in [-0.1, -0.05) is 12.1 Å². The Balaban J connectivity index is 1.48. The zero-order valence-corrected chi connectivity index (χ0v) is 21.7. The highest BCUT2D eigenvalue weighted by Gasteiger charge is 2.28. The first-order chi connectivity index (χ1) is 18.7. The summed E-state index contributed by atoms with van der Waals surface area (Å²) in [5.41, 5.74) is 6.21. The van der Waals surface area contributed by atoms with E-state index in [0.717, 1.165) is 13.0 Å². The third kappa shape index (κ3) is 6.32. The number of halogens is 1. The molecule has 1 aliphatic heterocycles. The summed E-state index contributed by atoms with van der Waals surface area (Å²) in [6.07, 6.45) is 2.89. The number of nitrogen functional groups attached to an aromatic ring is 1. The second-order valence-electron chi connectivity index (χ2n) is 9.57. The number of phenolic OH excluding ortho intramolecular Hbond substituents is 1. The molecular weight excluding hydrogens is 503 g/mol. The summed E-state index contributed by atoms with van der Waals surface area (Å²) < 4.78 is 14.9. The molecule has 204 valence electrons. The number of pyridine rings is 1. The summed E-state index contributed by atoms with van der Waals surface area (Å²) in [4.78, 5) is 44.3. The second kappa shape index (κ2) is 11.9. The van der Waals surface area contributed by atoms with E-state index in [-0.39, 0.29) is 41.0 Å². The first-order valence-electron chi connectivity index (χ1n) is 12.5. The number of nitrogens with two attached hydrogens (primary N) is 1. The van der Waals surface area contributed by atoms with Crippen molar-refractivity contribution >= 4 is 29.1 Å². The minimum atomic E-state index is -0.823. The maximum atomic E-state index is 14.9. The van der Waals surface area contributed by atoms with Crippen molar-refractivity contribution in [1.29, 1.82) is 0 Å². The van der Waals surface area contributed by atoms with Crippen molar-refractivity contribution in [3.8, 4) is 5.75 Å². The molecule has 39 heavy (non-hydrogen) atoms. The number of hydrogen-bond donors (Lipinski definition) is 5. The zero-order valence-electron chi connectivity index (χ0n) is 21.7. The summed E-state index contributed by atoms with van der Waals surface area (Å²) in [5, 5.41) is 19.4. The fourth-order valence-corrected chi connectivity index (χ4v) is 4.50. The molecule has 0 bridgehead atoms. The Morgan fingerprint density at radius 3 is 2.36 bits per heavy atom. The highest BCUT2D eigenvalue weighted by molar-refractivity contribution is 6.11. The number of carbonyl (C=O) groups excluding carboxylic acids is 3. The maximum Gasteiger partial charge on any atom is 0.251 e. The molecule has 4 rings (SSSR count). The molecule has 1 saturated heterocycles. The van der Waals surface area contributed by atoms with E-state index in [2.05, 4.69) is 20.9 Å². The smallest absolute Gasteiger partial charge is 0.251 e. The van der Waals surface area contributed by atoms with Crippen molar-refractivity contribution in [1.82, 2.24) is 20.9 Å². The van der Waals surface area contributed by atoms with Gasteiger partial charge in [0.1, 0.15) is 17.1 Å². The Morgan fingerprint density at radius 1 is 1.00 bits per heavy atom. The van der Waals surface area contributed by atoms with Gasteiger partial charge in [0.2, 0.25) is 0 Å². The van der Waals surface area contributed by atoms with Crippen LogP contribution < -0.4 is 26.6 Å². The van der Waals surface area contributed by atoms with Crippen LogP contribution in [0.1, 0.15) is 49.5 Å².